The summed E-state index contributed by atoms with van der Waals surface area (Å²) in [6, 6.07) is 8.43. The maximum absolute atomic E-state index is 10.3. The first kappa shape index (κ1) is 15.5. The number of hydrogen-bond acceptors (Lipinski definition) is 2. The maximum atomic E-state index is 10.3. The molecule has 0 aromatic heterocycles. The fourth-order valence-electron chi connectivity index (χ4n) is 2.90. The van der Waals surface area contributed by atoms with E-state index in [-0.39, 0.29) is 11.5 Å². The Balaban J connectivity index is 1.86. The molecule has 0 bridgehead atoms. The summed E-state index contributed by atoms with van der Waals surface area (Å²) < 4.78 is 5.57. The van der Waals surface area contributed by atoms with Gasteiger partial charge in [0.25, 0.3) is 0 Å². The number of ether oxygens (including phenoxy) is 1. The lowest BCUT2D eigenvalue weighted by Gasteiger charge is -2.36. The van der Waals surface area contributed by atoms with Crippen LogP contribution in [0.1, 0.15) is 64.2 Å². The summed E-state index contributed by atoms with van der Waals surface area (Å²) in [7, 11) is 0. The second-order valence-corrected chi connectivity index (χ2v) is 7.04. The number of benzene rings is 1. The van der Waals surface area contributed by atoms with Crippen LogP contribution in [0, 0.1) is 5.92 Å². The van der Waals surface area contributed by atoms with Crippen molar-refractivity contribution in [1.29, 1.82) is 0 Å². The normalized spacial score (nSPS) is 24.2. The Morgan fingerprint density at radius 3 is 2.30 bits per heavy atom. The molecule has 0 amide bonds. The van der Waals surface area contributed by atoms with E-state index < -0.39 is 0 Å². The van der Waals surface area contributed by atoms with Crippen molar-refractivity contribution in [2.45, 2.75) is 64.6 Å². The lowest BCUT2D eigenvalue weighted by Crippen LogP contribution is -2.32. The highest BCUT2D eigenvalue weighted by Gasteiger charge is 2.31. The van der Waals surface area contributed by atoms with E-state index in [1.807, 2.05) is 6.92 Å². The van der Waals surface area contributed by atoms with Crippen molar-refractivity contribution in [3.63, 3.8) is 0 Å². The van der Waals surface area contributed by atoms with Gasteiger partial charge < -0.3 is 9.84 Å². The molecule has 2 rings (SSSR count). The van der Waals surface area contributed by atoms with Crippen molar-refractivity contribution in [2.24, 2.45) is 5.92 Å². The highest BCUT2D eigenvalue weighted by atomic mass is 16.5. The summed E-state index contributed by atoms with van der Waals surface area (Å²) in [6.07, 6.45) is 3.16. The fraction of sp³-hybridized carbons (Fsp3) is 0.667. The van der Waals surface area contributed by atoms with Crippen molar-refractivity contribution in [3.05, 3.63) is 35.4 Å². The summed E-state index contributed by atoms with van der Waals surface area (Å²) >= 11 is 0. The fourth-order valence-corrected chi connectivity index (χ4v) is 2.90. The minimum Gasteiger partial charge on any atom is -0.388 e. The van der Waals surface area contributed by atoms with Crippen molar-refractivity contribution in [3.8, 4) is 0 Å². The lowest BCUT2D eigenvalue weighted by atomic mass is 9.77. The molecule has 0 saturated heterocycles. The van der Waals surface area contributed by atoms with Crippen LogP contribution < -0.4 is 0 Å². The summed E-state index contributed by atoms with van der Waals surface area (Å²) in [4.78, 5) is 0. The van der Waals surface area contributed by atoms with Crippen LogP contribution in [-0.2, 0) is 10.2 Å². The zero-order valence-corrected chi connectivity index (χ0v) is 13.2. The van der Waals surface area contributed by atoms with E-state index in [2.05, 4.69) is 45.0 Å². The average molecular weight is 276 g/mol. The van der Waals surface area contributed by atoms with Gasteiger partial charge in [-0.15, -0.1) is 0 Å². The predicted octanol–water partition coefficient (Wildman–Crippen LogP) is 4.22. The quantitative estimate of drug-likeness (QED) is 0.872. The largest absolute Gasteiger partial charge is 0.388 e. The maximum Gasteiger partial charge on any atom is 0.0792 e. The van der Waals surface area contributed by atoms with Gasteiger partial charge in [-0.3, -0.25) is 0 Å². The Kier molecular flexibility index (Phi) is 4.87. The first-order chi connectivity index (χ1) is 9.40. The van der Waals surface area contributed by atoms with Gasteiger partial charge in [0.1, 0.15) is 0 Å². The summed E-state index contributed by atoms with van der Waals surface area (Å²) in [5.41, 5.74) is 2.52. The first-order valence-electron chi connectivity index (χ1n) is 7.80. The average Bonchev–Trinajstić information content (AvgIpc) is 2.35. The first-order valence-corrected chi connectivity index (χ1v) is 7.80. The van der Waals surface area contributed by atoms with Crippen molar-refractivity contribution >= 4 is 0 Å². The van der Waals surface area contributed by atoms with Gasteiger partial charge in [-0.25, -0.2) is 0 Å². The molecule has 2 heteroatoms. The number of hydrogen-bond donors (Lipinski definition) is 1. The van der Waals surface area contributed by atoms with Crippen LogP contribution in [-0.4, -0.2) is 17.8 Å². The van der Waals surface area contributed by atoms with Gasteiger partial charge in [0, 0.05) is 6.61 Å². The second-order valence-electron chi connectivity index (χ2n) is 7.04. The van der Waals surface area contributed by atoms with Gasteiger partial charge >= 0.3 is 0 Å². The third-order valence-corrected chi connectivity index (χ3v) is 4.31. The highest BCUT2D eigenvalue weighted by molar-refractivity contribution is 5.28. The van der Waals surface area contributed by atoms with E-state index in [9.17, 15) is 5.11 Å². The molecule has 20 heavy (non-hydrogen) atoms. The molecule has 1 fully saturated rings. The second kappa shape index (κ2) is 6.28. The predicted molar refractivity (Wildman–Crippen MR) is 82.9 cm³/mol. The van der Waals surface area contributed by atoms with Crippen LogP contribution in [0.4, 0.5) is 0 Å². The van der Waals surface area contributed by atoms with E-state index >= 15 is 0 Å². The van der Waals surface area contributed by atoms with Crippen molar-refractivity contribution < 1.29 is 9.84 Å². The Bertz CT molecular complexity index is 410. The summed E-state index contributed by atoms with van der Waals surface area (Å²) in [5, 5.41) is 10.3. The third kappa shape index (κ3) is 3.83. The van der Waals surface area contributed by atoms with Crippen LogP contribution in [0.3, 0.4) is 0 Å². The molecule has 1 aromatic rings. The van der Waals surface area contributed by atoms with Gasteiger partial charge in [-0.1, -0.05) is 45.0 Å². The SMILES string of the molecule is CCOC1CC(CC(O)c2ccc(C(C)(C)C)cc2)C1. The Morgan fingerprint density at radius 1 is 1.20 bits per heavy atom. The molecule has 1 saturated carbocycles. The number of rotatable bonds is 5. The molecule has 1 aromatic carbocycles. The highest BCUT2D eigenvalue weighted by Crippen LogP contribution is 2.37. The molecule has 0 radical (unpaired) electrons. The van der Waals surface area contributed by atoms with E-state index in [1.54, 1.807) is 0 Å². The van der Waals surface area contributed by atoms with Gasteiger partial charge in [-0.05, 0) is 48.6 Å². The smallest absolute Gasteiger partial charge is 0.0792 e. The summed E-state index contributed by atoms with van der Waals surface area (Å²) in [6.45, 7) is 9.47. The van der Waals surface area contributed by atoms with Crippen LogP contribution in [0.5, 0.6) is 0 Å². The van der Waals surface area contributed by atoms with Crippen LogP contribution in [0.2, 0.25) is 0 Å². The van der Waals surface area contributed by atoms with Crippen molar-refractivity contribution in [2.75, 3.05) is 6.61 Å². The molecular weight excluding hydrogens is 248 g/mol. The molecule has 0 aliphatic heterocycles. The zero-order valence-electron chi connectivity index (χ0n) is 13.2. The molecule has 112 valence electrons. The molecule has 1 aliphatic rings. The van der Waals surface area contributed by atoms with E-state index in [0.717, 1.165) is 31.4 Å². The Morgan fingerprint density at radius 2 is 1.80 bits per heavy atom. The lowest BCUT2D eigenvalue weighted by molar-refractivity contribution is -0.0380. The molecule has 0 heterocycles. The van der Waals surface area contributed by atoms with Crippen molar-refractivity contribution in [1.82, 2.24) is 0 Å². The molecule has 1 N–H and O–H groups in total. The topological polar surface area (TPSA) is 29.5 Å². The number of aliphatic hydroxyl groups is 1. The Labute approximate surface area is 123 Å². The molecule has 1 atom stereocenters. The molecule has 1 aliphatic carbocycles. The standard InChI is InChI=1S/C18H28O2/c1-5-20-16-10-13(11-16)12-17(19)14-6-8-15(9-7-14)18(2,3)4/h6-9,13,16-17,19H,5,10-12H2,1-4H3. The minimum atomic E-state index is -0.336. The molecular formula is C18H28O2. The van der Waals surface area contributed by atoms with Crippen LogP contribution >= 0.6 is 0 Å². The van der Waals surface area contributed by atoms with E-state index in [1.165, 1.54) is 5.56 Å². The third-order valence-electron chi connectivity index (χ3n) is 4.31. The Hall–Kier alpha value is -0.860. The monoisotopic (exact) mass is 276 g/mol. The van der Waals surface area contributed by atoms with Crippen LogP contribution in [0.15, 0.2) is 24.3 Å². The molecule has 2 nitrogen and oxygen atoms in total. The summed E-state index contributed by atoms with van der Waals surface area (Å²) in [5.74, 6) is 0.615. The van der Waals surface area contributed by atoms with Crippen LogP contribution in [0.25, 0.3) is 0 Å². The molecule has 1 unspecified atom stereocenters. The number of aliphatic hydroxyl groups excluding tert-OH is 1. The van der Waals surface area contributed by atoms with E-state index in [4.69, 9.17) is 4.74 Å². The van der Waals surface area contributed by atoms with Gasteiger partial charge in [-0.2, -0.15) is 0 Å². The zero-order chi connectivity index (χ0) is 14.8. The molecule has 0 spiro atoms. The van der Waals surface area contributed by atoms with E-state index in [0.29, 0.717) is 12.0 Å². The minimum absolute atomic E-state index is 0.169. The van der Waals surface area contributed by atoms with Gasteiger partial charge in [0.05, 0.1) is 12.2 Å². The van der Waals surface area contributed by atoms with Gasteiger partial charge in [0.2, 0.25) is 0 Å². The van der Waals surface area contributed by atoms with Gasteiger partial charge in [0.15, 0.2) is 0 Å².